The molecule has 0 fully saturated rings. The Kier molecular flexibility index (Phi) is 6.40. The zero-order valence-corrected chi connectivity index (χ0v) is 11.0. The minimum atomic E-state index is -2.99. The molecule has 0 atom stereocenters. The van der Waals surface area contributed by atoms with Crippen LogP contribution in [0.15, 0.2) is 0 Å². The van der Waals surface area contributed by atoms with Crippen LogP contribution in [0.1, 0.15) is 27.2 Å². The molecule has 0 aromatic heterocycles. The SMILES string of the molecule is CCOCCCNCC(C)(C)S(C)(=O)=O. The van der Waals surface area contributed by atoms with Gasteiger partial charge in [0, 0.05) is 26.0 Å². The predicted octanol–water partition coefficient (Wildman–Crippen LogP) is 0.826. The Morgan fingerprint density at radius 1 is 1.33 bits per heavy atom. The maximum atomic E-state index is 11.4. The van der Waals surface area contributed by atoms with E-state index in [0.717, 1.165) is 26.2 Å². The van der Waals surface area contributed by atoms with Gasteiger partial charge in [0.1, 0.15) is 0 Å². The van der Waals surface area contributed by atoms with Crippen LogP contribution in [0, 0.1) is 0 Å². The van der Waals surface area contributed by atoms with Crippen molar-refractivity contribution >= 4 is 9.84 Å². The molecular weight excluding hydrogens is 214 g/mol. The van der Waals surface area contributed by atoms with E-state index in [-0.39, 0.29) is 0 Å². The third-order valence-electron chi connectivity index (χ3n) is 2.40. The van der Waals surface area contributed by atoms with E-state index >= 15 is 0 Å². The Hall–Kier alpha value is -0.130. The highest BCUT2D eigenvalue weighted by Gasteiger charge is 2.29. The van der Waals surface area contributed by atoms with Crippen LogP contribution in [-0.4, -0.2) is 45.7 Å². The van der Waals surface area contributed by atoms with E-state index in [1.807, 2.05) is 6.92 Å². The summed E-state index contributed by atoms with van der Waals surface area (Å²) in [5, 5.41) is 3.13. The molecule has 0 saturated carbocycles. The number of ether oxygens (including phenoxy) is 1. The first-order valence-electron chi connectivity index (χ1n) is 5.29. The lowest BCUT2D eigenvalue weighted by Gasteiger charge is -2.22. The van der Waals surface area contributed by atoms with E-state index in [4.69, 9.17) is 4.74 Å². The first-order chi connectivity index (χ1) is 6.81. The number of nitrogens with one attached hydrogen (secondary N) is 1. The van der Waals surface area contributed by atoms with Gasteiger partial charge < -0.3 is 10.1 Å². The van der Waals surface area contributed by atoms with Gasteiger partial charge in [0.25, 0.3) is 0 Å². The van der Waals surface area contributed by atoms with Crippen molar-refractivity contribution in [2.75, 3.05) is 32.6 Å². The molecule has 0 aliphatic heterocycles. The van der Waals surface area contributed by atoms with Gasteiger partial charge in [-0.1, -0.05) is 0 Å². The molecule has 0 unspecified atom stereocenters. The number of rotatable bonds is 8. The summed E-state index contributed by atoms with van der Waals surface area (Å²) in [5.74, 6) is 0. The standard InChI is InChI=1S/C10H23NO3S/c1-5-14-8-6-7-11-9-10(2,3)15(4,12)13/h11H,5-9H2,1-4H3. The van der Waals surface area contributed by atoms with Gasteiger partial charge in [-0.25, -0.2) is 8.42 Å². The Labute approximate surface area is 93.3 Å². The monoisotopic (exact) mass is 237 g/mol. The summed E-state index contributed by atoms with van der Waals surface area (Å²) in [6.07, 6.45) is 2.18. The van der Waals surface area contributed by atoms with Crippen molar-refractivity contribution in [1.82, 2.24) is 5.32 Å². The molecule has 0 saturated heterocycles. The summed E-state index contributed by atoms with van der Waals surface area (Å²) < 4.78 is 27.2. The fourth-order valence-corrected chi connectivity index (χ4v) is 1.33. The normalized spacial score (nSPS) is 13.1. The molecule has 0 rings (SSSR count). The van der Waals surface area contributed by atoms with Crippen molar-refractivity contribution < 1.29 is 13.2 Å². The average Bonchev–Trinajstić information content (AvgIpc) is 2.09. The summed E-state index contributed by atoms with van der Waals surface area (Å²) in [4.78, 5) is 0. The zero-order chi connectivity index (χ0) is 11.9. The van der Waals surface area contributed by atoms with E-state index in [9.17, 15) is 8.42 Å². The van der Waals surface area contributed by atoms with Crippen molar-refractivity contribution in [2.45, 2.75) is 31.9 Å². The average molecular weight is 237 g/mol. The van der Waals surface area contributed by atoms with Crippen LogP contribution in [0.3, 0.4) is 0 Å². The molecule has 92 valence electrons. The van der Waals surface area contributed by atoms with Crippen LogP contribution in [0.2, 0.25) is 0 Å². The summed E-state index contributed by atoms with van der Waals surface area (Å²) in [5.41, 5.74) is 0. The van der Waals surface area contributed by atoms with E-state index in [1.165, 1.54) is 6.26 Å². The third kappa shape index (κ3) is 6.12. The maximum Gasteiger partial charge on any atom is 0.153 e. The van der Waals surface area contributed by atoms with Gasteiger partial charge in [-0.05, 0) is 33.7 Å². The Morgan fingerprint density at radius 2 is 1.93 bits per heavy atom. The summed E-state index contributed by atoms with van der Waals surface area (Å²) in [6.45, 7) is 8.16. The summed E-state index contributed by atoms with van der Waals surface area (Å²) >= 11 is 0. The Bertz CT molecular complexity index is 260. The fourth-order valence-electron chi connectivity index (χ4n) is 0.964. The second-order valence-electron chi connectivity index (χ2n) is 4.26. The van der Waals surface area contributed by atoms with Crippen LogP contribution in [0.4, 0.5) is 0 Å². The Morgan fingerprint density at radius 3 is 2.40 bits per heavy atom. The van der Waals surface area contributed by atoms with E-state index in [2.05, 4.69) is 5.32 Å². The molecule has 0 heterocycles. The van der Waals surface area contributed by atoms with Crippen molar-refractivity contribution in [2.24, 2.45) is 0 Å². The highest BCUT2D eigenvalue weighted by molar-refractivity contribution is 7.92. The van der Waals surface area contributed by atoms with E-state index in [0.29, 0.717) is 6.54 Å². The molecule has 0 aliphatic carbocycles. The van der Waals surface area contributed by atoms with Gasteiger partial charge in [-0.15, -0.1) is 0 Å². The minimum Gasteiger partial charge on any atom is -0.382 e. The maximum absolute atomic E-state index is 11.4. The lowest BCUT2D eigenvalue weighted by Crippen LogP contribution is -2.42. The fraction of sp³-hybridized carbons (Fsp3) is 1.00. The molecule has 0 spiro atoms. The van der Waals surface area contributed by atoms with Crippen LogP contribution >= 0.6 is 0 Å². The topological polar surface area (TPSA) is 55.4 Å². The molecule has 0 bridgehead atoms. The molecular formula is C10H23NO3S. The smallest absolute Gasteiger partial charge is 0.153 e. The molecule has 15 heavy (non-hydrogen) atoms. The van der Waals surface area contributed by atoms with Crippen LogP contribution < -0.4 is 5.32 Å². The largest absolute Gasteiger partial charge is 0.382 e. The van der Waals surface area contributed by atoms with Gasteiger partial charge in [-0.2, -0.15) is 0 Å². The molecule has 0 amide bonds. The molecule has 5 heteroatoms. The summed E-state index contributed by atoms with van der Waals surface area (Å²) in [7, 11) is -2.99. The van der Waals surface area contributed by atoms with Crippen LogP contribution in [-0.2, 0) is 14.6 Å². The molecule has 0 radical (unpaired) electrons. The van der Waals surface area contributed by atoms with Crippen LogP contribution in [0.25, 0.3) is 0 Å². The van der Waals surface area contributed by atoms with Gasteiger partial charge in [-0.3, -0.25) is 0 Å². The number of hydrogen-bond acceptors (Lipinski definition) is 4. The number of sulfone groups is 1. The third-order valence-corrected chi connectivity index (χ3v) is 4.55. The highest BCUT2D eigenvalue weighted by Crippen LogP contribution is 2.13. The quantitative estimate of drug-likeness (QED) is 0.635. The number of hydrogen-bond donors (Lipinski definition) is 1. The first-order valence-corrected chi connectivity index (χ1v) is 7.18. The molecule has 0 aliphatic rings. The molecule has 0 aromatic carbocycles. The van der Waals surface area contributed by atoms with E-state index in [1.54, 1.807) is 13.8 Å². The molecule has 1 N–H and O–H groups in total. The molecule has 4 nitrogen and oxygen atoms in total. The lowest BCUT2D eigenvalue weighted by atomic mass is 10.2. The van der Waals surface area contributed by atoms with Gasteiger partial charge in [0.2, 0.25) is 0 Å². The van der Waals surface area contributed by atoms with Crippen molar-refractivity contribution in [3.05, 3.63) is 0 Å². The van der Waals surface area contributed by atoms with Gasteiger partial charge in [0.05, 0.1) is 4.75 Å². The lowest BCUT2D eigenvalue weighted by molar-refractivity contribution is 0.144. The second-order valence-corrected chi connectivity index (χ2v) is 6.91. The van der Waals surface area contributed by atoms with Gasteiger partial charge >= 0.3 is 0 Å². The first kappa shape index (κ1) is 14.9. The Balaban J connectivity index is 3.68. The second kappa shape index (κ2) is 6.45. The van der Waals surface area contributed by atoms with Crippen molar-refractivity contribution in [1.29, 1.82) is 0 Å². The van der Waals surface area contributed by atoms with Gasteiger partial charge in [0.15, 0.2) is 9.84 Å². The van der Waals surface area contributed by atoms with Crippen LogP contribution in [0.5, 0.6) is 0 Å². The van der Waals surface area contributed by atoms with E-state index < -0.39 is 14.6 Å². The molecule has 0 aromatic rings. The highest BCUT2D eigenvalue weighted by atomic mass is 32.2. The zero-order valence-electron chi connectivity index (χ0n) is 10.2. The predicted molar refractivity (Wildman–Crippen MR) is 62.9 cm³/mol. The minimum absolute atomic E-state index is 0.484. The van der Waals surface area contributed by atoms with Crippen molar-refractivity contribution in [3.8, 4) is 0 Å². The summed E-state index contributed by atoms with van der Waals surface area (Å²) in [6, 6.07) is 0. The van der Waals surface area contributed by atoms with Crippen molar-refractivity contribution in [3.63, 3.8) is 0 Å².